The van der Waals surface area contributed by atoms with Crippen LogP contribution < -0.4 is 10.2 Å². The SMILES string of the molecule is Cc1c(Cl)cccc1N1C[C@@H](C(=O)NC2CC2)CC1=O. The first-order valence-corrected chi connectivity index (χ1v) is 7.30. The first-order valence-electron chi connectivity index (χ1n) is 6.92. The average molecular weight is 293 g/mol. The number of nitrogens with one attached hydrogen (secondary N) is 1. The molecule has 2 fully saturated rings. The van der Waals surface area contributed by atoms with E-state index in [0.29, 0.717) is 17.6 Å². The Morgan fingerprint density at radius 1 is 1.40 bits per heavy atom. The van der Waals surface area contributed by atoms with E-state index < -0.39 is 0 Å². The molecule has 4 nitrogen and oxygen atoms in total. The Hall–Kier alpha value is -1.55. The summed E-state index contributed by atoms with van der Waals surface area (Å²) >= 11 is 6.10. The predicted octanol–water partition coefficient (Wildman–Crippen LogP) is 2.28. The molecule has 1 atom stereocenters. The Kier molecular flexibility index (Phi) is 3.42. The van der Waals surface area contributed by atoms with Gasteiger partial charge in [0.25, 0.3) is 0 Å². The zero-order valence-electron chi connectivity index (χ0n) is 11.4. The lowest BCUT2D eigenvalue weighted by Gasteiger charge is -2.19. The van der Waals surface area contributed by atoms with E-state index in [2.05, 4.69) is 5.32 Å². The fourth-order valence-electron chi connectivity index (χ4n) is 2.55. The van der Waals surface area contributed by atoms with Crippen molar-refractivity contribution in [2.75, 3.05) is 11.4 Å². The Labute approximate surface area is 123 Å². The molecule has 1 saturated carbocycles. The largest absolute Gasteiger partial charge is 0.353 e. The van der Waals surface area contributed by atoms with Crippen molar-refractivity contribution in [2.45, 2.75) is 32.2 Å². The molecule has 1 aromatic rings. The molecule has 0 unspecified atom stereocenters. The second-order valence-corrected chi connectivity index (χ2v) is 5.98. The van der Waals surface area contributed by atoms with Crippen molar-refractivity contribution < 1.29 is 9.59 Å². The molecule has 0 bridgehead atoms. The normalized spacial score (nSPS) is 22.2. The first-order chi connectivity index (χ1) is 9.56. The Balaban J connectivity index is 1.76. The lowest BCUT2D eigenvalue weighted by atomic mass is 10.1. The number of anilines is 1. The molecule has 1 aromatic carbocycles. The highest BCUT2D eigenvalue weighted by atomic mass is 35.5. The molecule has 20 heavy (non-hydrogen) atoms. The molecule has 1 saturated heterocycles. The van der Waals surface area contributed by atoms with E-state index in [1.165, 1.54) is 0 Å². The molecule has 5 heteroatoms. The number of rotatable bonds is 3. The van der Waals surface area contributed by atoms with Crippen LogP contribution in [0.4, 0.5) is 5.69 Å². The van der Waals surface area contributed by atoms with Gasteiger partial charge in [-0.3, -0.25) is 9.59 Å². The minimum atomic E-state index is -0.249. The maximum Gasteiger partial charge on any atom is 0.227 e. The van der Waals surface area contributed by atoms with E-state index in [4.69, 9.17) is 11.6 Å². The van der Waals surface area contributed by atoms with E-state index in [0.717, 1.165) is 24.1 Å². The van der Waals surface area contributed by atoms with E-state index in [1.54, 1.807) is 11.0 Å². The van der Waals surface area contributed by atoms with Crippen LogP contribution in [0.15, 0.2) is 18.2 Å². The third-order valence-electron chi connectivity index (χ3n) is 3.95. The van der Waals surface area contributed by atoms with Crippen LogP contribution in [0.5, 0.6) is 0 Å². The van der Waals surface area contributed by atoms with Gasteiger partial charge in [-0.05, 0) is 37.5 Å². The third kappa shape index (κ3) is 2.52. The number of carbonyl (C=O) groups is 2. The summed E-state index contributed by atoms with van der Waals surface area (Å²) < 4.78 is 0. The van der Waals surface area contributed by atoms with Crippen LogP contribution in [-0.2, 0) is 9.59 Å². The summed E-state index contributed by atoms with van der Waals surface area (Å²) in [7, 11) is 0. The first kappa shape index (κ1) is 13.4. The van der Waals surface area contributed by atoms with Gasteiger partial charge in [-0.25, -0.2) is 0 Å². The molecule has 0 radical (unpaired) electrons. The molecule has 106 valence electrons. The van der Waals surface area contributed by atoms with Crippen molar-refractivity contribution >= 4 is 29.1 Å². The van der Waals surface area contributed by atoms with Crippen LogP contribution in [0.1, 0.15) is 24.8 Å². The fraction of sp³-hybridized carbons (Fsp3) is 0.467. The Morgan fingerprint density at radius 2 is 2.15 bits per heavy atom. The zero-order valence-corrected chi connectivity index (χ0v) is 12.1. The second-order valence-electron chi connectivity index (χ2n) is 5.57. The summed E-state index contributed by atoms with van der Waals surface area (Å²) in [6, 6.07) is 5.84. The van der Waals surface area contributed by atoms with Gasteiger partial charge in [-0.1, -0.05) is 17.7 Å². The lowest BCUT2D eigenvalue weighted by molar-refractivity contribution is -0.126. The van der Waals surface area contributed by atoms with Crippen LogP contribution in [0.3, 0.4) is 0 Å². The van der Waals surface area contributed by atoms with Gasteiger partial charge in [0.1, 0.15) is 0 Å². The number of benzene rings is 1. The molecule has 1 aliphatic heterocycles. The lowest BCUT2D eigenvalue weighted by Crippen LogP contribution is -2.34. The van der Waals surface area contributed by atoms with Crippen molar-refractivity contribution in [3.63, 3.8) is 0 Å². The summed E-state index contributed by atoms with van der Waals surface area (Å²) in [6.07, 6.45) is 2.40. The van der Waals surface area contributed by atoms with E-state index >= 15 is 0 Å². The Bertz CT molecular complexity index is 569. The minimum Gasteiger partial charge on any atom is -0.353 e. The predicted molar refractivity (Wildman–Crippen MR) is 77.8 cm³/mol. The summed E-state index contributed by atoms with van der Waals surface area (Å²) in [5.74, 6) is -0.254. The molecule has 1 heterocycles. The number of halogens is 1. The van der Waals surface area contributed by atoms with E-state index in [1.807, 2.05) is 19.1 Å². The standard InChI is InChI=1S/C15H17ClN2O2/c1-9-12(16)3-2-4-13(9)18-8-10(7-14(18)19)15(20)17-11-5-6-11/h2-4,10-11H,5-8H2,1H3,(H,17,20)/t10-/m0/s1. The maximum atomic E-state index is 12.2. The molecule has 0 aromatic heterocycles. The molecule has 0 spiro atoms. The number of carbonyl (C=O) groups excluding carboxylic acids is 2. The van der Waals surface area contributed by atoms with Crippen LogP contribution in [0.25, 0.3) is 0 Å². The molecule has 1 aliphatic carbocycles. The third-order valence-corrected chi connectivity index (χ3v) is 4.36. The smallest absolute Gasteiger partial charge is 0.227 e. The molecule has 1 N–H and O–H groups in total. The van der Waals surface area contributed by atoms with Crippen LogP contribution in [0.2, 0.25) is 5.02 Å². The highest BCUT2D eigenvalue weighted by molar-refractivity contribution is 6.31. The van der Waals surface area contributed by atoms with Gasteiger partial charge < -0.3 is 10.2 Å². The van der Waals surface area contributed by atoms with Gasteiger partial charge in [-0.2, -0.15) is 0 Å². The number of nitrogens with zero attached hydrogens (tertiary/aromatic N) is 1. The monoisotopic (exact) mass is 292 g/mol. The van der Waals surface area contributed by atoms with Gasteiger partial charge in [0.05, 0.1) is 5.92 Å². The summed E-state index contributed by atoms with van der Waals surface area (Å²) in [5, 5.41) is 3.61. The molecular weight excluding hydrogens is 276 g/mol. The number of amides is 2. The van der Waals surface area contributed by atoms with E-state index in [-0.39, 0.29) is 24.2 Å². The molecule has 2 aliphatic rings. The average Bonchev–Trinajstić information content (AvgIpc) is 3.14. The van der Waals surface area contributed by atoms with Crippen molar-refractivity contribution in [3.8, 4) is 0 Å². The number of hydrogen-bond donors (Lipinski definition) is 1. The van der Waals surface area contributed by atoms with Gasteiger partial charge >= 0.3 is 0 Å². The highest BCUT2D eigenvalue weighted by Gasteiger charge is 2.37. The Morgan fingerprint density at radius 3 is 2.85 bits per heavy atom. The second kappa shape index (κ2) is 5.09. The number of hydrogen-bond acceptors (Lipinski definition) is 2. The van der Waals surface area contributed by atoms with Gasteiger partial charge in [0.2, 0.25) is 11.8 Å². The summed E-state index contributed by atoms with van der Waals surface area (Å²) in [6.45, 7) is 2.33. The van der Waals surface area contributed by atoms with E-state index in [9.17, 15) is 9.59 Å². The van der Waals surface area contributed by atoms with Crippen molar-refractivity contribution in [2.24, 2.45) is 5.92 Å². The van der Waals surface area contributed by atoms with Gasteiger partial charge in [-0.15, -0.1) is 0 Å². The maximum absolute atomic E-state index is 12.2. The van der Waals surface area contributed by atoms with Crippen LogP contribution in [-0.4, -0.2) is 24.4 Å². The molecule has 3 rings (SSSR count). The van der Waals surface area contributed by atoms with Crippen molar-refractivity contribution in [3.05, 3.63) is 28.8 Å². The summed E-state index contributed by atoms with van der Waals surface area (Å²) in [4.78, 5) is 25.9. The minimum absolute atomic E-state index is 0.00281. The zero-order chi connectivity index (χ0) is 14.3. The fourth-order valence-corrected chi connectivity index (χ4v) is 2.72. The molecule has 2 amide bonds. The molecular formula is C15H17ClN2O2. The van der Waals surface area contributed by atoms with Gasteiger partial charge in [0, 0.05) is 29.7 Å². The van der Waals surface area contributed by atoms with Crippen LogP contribution >= 0.6 is 11.6 Å². The van der Waals surface area contributed by atoms with Crippen LogP contribution in [0, 0.1) is 12.8 Å². The van der Waals surface area contributed by atoms with Crippen molar-refractivity contribution in [1.82, 2.24) is 5.32 Å². The summed E-state index contributed by atoms with van der Waals surface area (Å²) in [5.41, 5.74) is 1.69. The van der Waals surface area contributed by atoms with Crippen molar-refractivity contribution in [1.29, 1.82) is 0 Å². The highest BCUT2D eigenvalue weighted by Crippen LogP contribution is 2.31. The van der Waals surface area contributed by atoms with Gasteiger partial charge in [0.15, 0.2) is 0 Å². The quantitative estimate of drug-likeness (QED) is 0.929. The topological polar surface area (TPSA) is 49.4 Å².